The van der Waals surface area contributed by atoms with Crippen LogP contribution in [0, 0.1) is 13.8 Å². The molecule has 0 bridgehead atoms. The second-order valence-electron chi connectivity index (χ2n) is 4.49. The molecule has 0 fully saturated rings. The predicted octanol–water partition coefficient (Wildman–Crippen LogP) is 2.84. The van der Waals surface area contributed by atoms with E-state index in [9.17, 15) is 5.11 Å². The second kappa shape index (κ2) is 4.64. The first-order valence-electron chi connectivity index (χ1n) is 5.99. The lowest BCUT2D eigenvalue weighted by atomic mass is 10.2. The molecule has 0 atom stereocenters. The minimum Gasteiger partial charge on any atom is -0.493 e. The predicted molar refractivity (Wildman–Crippen MR) is 76.7 cm³/mol. The van der Waals surface area contributed by atoms with Crippen molar-refractivity contribution >= 4 is 29.0 Å². The van der Waals surface area contributed by atoms with Crippen LogP contribution in [0.25, 0.3) is 5.78 Å². The number of aromatic hydroxyl groups is 1. The van der Waals surface area contributed by atoms with Crippen molar-refractivity contribution in [1.29, 1.82) is 0 Å². The van der Waals surface area contributed by atoms with E-state index in [1.165, 1.54) is 10.6 Å². The molecule has 3 aromatic rings. The van der Waals surface area contributed by atoms with Crippen molar-refractivity contribution in [2.75, 3.05) is 5.32 Å². The quantitative estimate of drug-likeness (QED) is 0.759. The summed E-state index contributed by atoms with van der Waals surface area (Å²) in [7, 11) is 0. The molecule has 0 spiro atoms. The zero-order valence-electron chi connectivity index (χ0n) is 10.9. The van der Waals surface area contributed by atoms with Crippen LogP contribution in [0.1, 0.15) is 11.3 Å². The monoisotopic (exact) mass is 289 g/mol. The molecule has 0 amide bonds. The molecule has 6 nitrogen and oxygen atoms in total. The molecule has 0 saturated heterocycles. The summed E-state index contributed by atoms with van der Waals surface area (Å²) in [6.45, 7) is 3.73. The van der Waals surface area contributed by atoms with E-state index in [4.69, 9.17) is 11.6 Å². The maximum atomic E-state index is 9.80. The first kappa shape index (κ1) is 12.7. The highest BCUT2D eigenvalue weighted by Crippen LogP contribution is 2.23. The Bertz CT molecular complexity index is 799. The average Bonchev–Trinajstić information content (AvgIpc) is 2.76. The maximum Gasteiger partial charge on any atom is 0.257 e. The van der Waals surface area contributed by atoms with Gasteiger partial charge in [0.1, 0.15) is 0 Å². The third-order valence-corrected chi connectivity index (χ3v) is 3.10. The summed E-state index contributed by atoms with van der Waals surface area (Å²) in [5.41, 5.74) is 2.50. The molecule has 20 heavy (non-hydrogen) atoms. The van der Waals surface area contributed by atoms with Gasteiger partial charge >= 0.3 is 0 Å². The molecule has 2 heterocycles. The van der Waals surface area contributed by atoms with Crippen LogP contribution in [-0.2, 0) is 0 Å². The number of rotatable bonds is 2. The van der Waals surface area contributed by atoms with Gasteiger partial charge in [-0.3, -0.25) is 0 Å². The van der Waals surface area contributed by atoms with Crippen molar-refractivity contribution in [1.82, 2.24) is 19.6 Å². The summed E-state index contributed by atoms with van der Waals surface area (Å²) in [6, 6.07) is 7.04. The number of hydrogen-bond donors (Lipinski definition) is 2. The number of hydrogen-bond acceptors (Lipinski definition) is 5. The van der Waals surface area contributed by atoms with E-state index in [0.29, 0.717) is 22.4 Å². The molecule has 2 N–H and O–H groups in total. The molecule has 3 rings (SSSR count). The molecule has 0 aliphatic heterocycles. The van der Waals surface area contributed by atoms with Crippen LogP contribution >= 0.6 is 11.6 Å². The minimum atomic E-state index is -0.00383. The van der Waals surface area contributed by atoms with Gasteiger partial charge in [-0.15, -0.1) is 5.10 Å². The molecular weight excluding hydrogens is 278 g/mol. The van der Waals surface area contributed by atoms with Gasteiger partial charge in [-0.2, -0.15) is 9.50 Å². The highest BCUT2D eigenvalue weighted by Gasteiger charge is 2.10. The normalized spacial score (nSPS) is 10.9. The Morgan fingerprint density at radius 1 is 1.20 bits per heavy atom. The van der Waals surface area contributed by atoms with Gasteiger partial charge in [0, 0.05) is 22.5 Å². The van der Waals surface area contributed by atoms with Crippen molar-refractivity contribution in [3.8, 4) is 5.88 Å². The fourth-order valence-corrected chi connectivity index (χ4v) is 2.04. The summed E-state index contributed by atoms with van der Waals surface area (Å²) < 4.78 is 1.27. The van der Waals surface area contributed by atoms with Gasteiger partial charge in [0.15, 0.2) is 0 Å². The zero-order chi connectivity index (χ0) is 14.3. The van der Waals surface area contributed by atoms with Crippen LogP contribution in [0.15, 0.2) is 24.3 Å². The van der Waals surface area contributed by atoms with Gasteiger partial charge in [-0.05, 0) is 31.5 Å². The molecule has 1 aromatic carbocycles. The van der Waals surface area contributed by atoms with Gasteiger partial charge in [0.05, 0.1) is 0 Å². The number of aryl methyl sites for hydroxylation is 2. The molecule has 0 unspecified atom stereocenters. The zero-order valence-corrected chi connectivity index (χ0v) is 11.7. The third-order valence-electron chi connectivity index (χ3n) is 2.87. The van der Waals surface area contributed by atoms with Crippen molar-refractivity contribution in [3.63, 3.8) is 0 Å². The van der Waals surface area contributed by atoms with Crippen LogP contribution in [0.3, 0.4) is 0 Å². The van der Waals surface area contributed by atoms with E-state index in [1.54, 1.807) is 13.0 Å². The van der Waals surface area contributed by atoms with E-state index < -0.39 is 0 Å². The average molecular weight is 290 g/mol. The number of aromatic nitrogens is 4. The van der Waals surface area contributed by atoms with Crippen LogP contribution in [0.2, 0.25) is 5.02 Å². The number of benzene rings is 1. The van der Waals surface area contributed by atoms with E-state index >= 15 is 0 Å². The summed E-state index contributed by atoms with van der Waals surface area (Å²) in [5.74, 6) is 0.685. The Labute approximate surface area is 120 Å². The Balaban J connectivity index is 2.03. The topological polar surface area (TPSA) is 75.3 Å². The van der Waals surface area contributed by atoms with Crippen LogP contribution < -0.4 is 5.32 Å². The largest absolute Gasteiger partial charge is 0.493 e. The molecule has 0 aliphatic rings. The van der Waals surface area contributed by atoms with Crippen LogP contribution in [-0.4, -0.2) is 24.7 Å². The van der Waals surface area contributed by atoms with Crippen LogP contribution in [0.5, 0.6) is 5.88 Å². The molecule has 0 saturated carbocycles. The van der Waals surface area contributed by atoms with Gasteiger partial charge in [-0.1, -0.05) is 17.7 Å². The Hall–Kier alpha value is -2.34. The summed E-state index contributed by atoms with van der Waals surface area (Å²) in [6.07, 6.45) is 0. The van der Waals surface area contributed by atoms with E-state index in [2.05, 4.69) is 20.4 Å². The first-order valence-corrected chi connectivity index (χ1v) is 6.37. The first-order chi connectivity index (χ1) is 9.52. The lowest BCUT2D eigenvalue weighted by Crippen LogP contribution is -1.96. The minimum absolute atomic E-state index is 0.00383. The summed E-state index contributed by atoms with van der Waals surface area (Å²) in [5, 5.41) is 17.7. The fraction of sp³-hybridized carbons (Fsp3) is 0.154. The maximum absolute atomic E-state index is 9.80. The van der Waals surface area contributed by atoms with Gasteiger partial charge < -0.3 is 10.4 Å². The number of fused-ring (bicyclic) bond motifs is 1. The van der Waals surface area contributed by atoms with Gasteiger partial charge in [0.2, 0.25) is 11.8 Å². The number of nitrogens with one attached hydrogen (secondary N) is 1. The second-order valence-corrected chi connectivity index (χ2v) is 4.92. The highest BCUT2D eigenvalue weighted by atomic mass is 35.5. The summed E-state index contributed by atoms with van der Waals surface area (Å²) >= 11 is 5.97. The Kier molecular flexibility index (Phi) is 2.94. The lowest BCUT2D eigenvalue weighted by Gasteiger charge is -2.05. The van der Waals surface area contributed by atoms with Crippen LogP contribution in [0.4, 0.5) is 11.6 Å². The number of anilines is 2. The van der Waals surface area contributed by atoms with Crippen molar-refractivity contribution in [2.45, 2.75) is 13.8 Å². The Morgan fingerprint density at radius 2 is 2.00 bits per heavy atom. The van der Waals surface area contributed by atoms with Crippen molar-refractivity contribution in [3.05, 3.63) is 40.5 Å². The number of nitrogens with zero attached hydrogens (tertiary/aromatic N) is 4. The smallest absolute Gasteiger partial charge is 0.257 e. The van der Waals surface area contributed by atoms with Gasteiger partial charge in [0.25, 0.3) is 5.78 Å². The third kappa shape index (κ3) is 2.25. The molecule has 102 valence electrons. The van der Waals surface area contributed by atoms with E-state index in [0.717, 1.165) is 11.3 Å². The highest BCUT2D eigenvalue weighted by molar-refractivity contribution is 6.30. The lowest BCUT2D eigenvalue weighted by molar-refractivity contribution is 0.434. The molecule has 2 aromatic heterocycles. The number of halogens is 1. The molecule has 7 heteroatoms. The summed E-state index contributed by atoms with van der Waals surface area (Å²) in [4.78, 5) is 8.43. The molecule has 0 aliphatic carbocycles. The van der Waals surface area contributed by atoms with E-state index in [1.807, 2.05) is 19.1 Å². The Morgan fingerprint density at radius 3 is 2.80 bits per heavy atom. The van der Waals surface area contributed by atoms with Gasteiger partial charge in [-0.25, -0.2) is 4.98 Å². The van der Waals surface area contributed by atoms with E-state index in [-0.39, 0.29) is 5.88 Å². The standard InChI is InChI=1S/C13H12ClN5O/c1-7-3-4-9(14)6-10(7)16-12-17-13-15-8(2)5-11(20)19(13)18-12/h3-6,20H,1-2H3,(H,16,18). The fourth-order valence-electron chi connectivity index (χ4n) is 1.87. The van der Waals surface area contributed by atoms with Crippen molar-refractivity contribution < 1.29 is 5.11 Å². The molecule has 0 radical (unpaired) electrons. The van der Waals surface area contributed by atoms with Crippen molar-refractivity contribution in [2.24, 2.45) is 0 Å². The molecular formula is C13H12ClN5O. The SMILES string of the molecule is Cc1cc(O)n2nc(Nc3cc(Cl)ccc3C)nc2n1.